The Hall–Kier alpha value is -4.61. The molecule has 0 unspecified atom stereocenters. The molecule has 17 heteroatoms. The van der Waals surface area contributed by atoms with Gasteiger partial charge in [0, 0.05) is 19.6 Å². The molecule has 1 aromatic carbocycles. The molecule has 1 aromatic heterocycles. The minimum absolute atomic E-state index is 0.0404. The van der Waals surface area contributed by atoms with Crippen LogP contribution < -0.4 is 20.2 Å². The molecule has 63 heavy (non-hydrogen) atoms. The number of likely N-dealkylation sites (tertiary alicyclic amines) is 1. The fourth-order valence-corrected chi connectivity index (χ4v) is 8.08. The zero-order valence-electron chi connectivity index (χ0n) is 40.4. The van der Waals surface area contributed by atoms with E-state index in [2.05, 4.69) is 79.1 Å². The third-order valence-corrected chi connectivity index (χ3v) is 15.5. The molecule has 2 aliphatic heterocycles. The number of esters is 1. The van der Waals surface area contributed by atoms with E-state index in [1.807, 2.05) is 53.7 Å². The Labute approximate surface area is 375 Å². The van der Waals surface area contributed by atoms with Gasteiger partial charge in [-0.15, -0.1) is 4.68 Å². The molecular weight excluding hydrogens is 827 g/mol. The van der Waals surface area contributed by atoms with Crippen LogP contribution in [-0.2, 0) is 52.5 Å². The Morgan fingerprint density at radius 1 is 0.905 bits per heavy atom. The van der Waals surface area contributed by atoms with Crippen LogP contribution in [0.2, 0.25) is 18.1 Å². The molecule has 1 fully saturated rings. The fourth-order valence-electron chi connectivity index (χ4n) is 6.74. The number of ether oxygens (including phenoxy) is 5. The molecule has 16 nitrogen and oxygen atoms in total. The molecule has 0 spiro atoms. The van der Waals surface area contributed by atoms with Gasteiger partial charge in [-0.05, 0) is 123 Å². The molecule has 0 bridgehead atoms. The first-order chi connectivity index (χ1) is 28.9. The monoisotopic (exact) mass is 901 g/mol. The van der Waals surface area contributed by atoms with E-state index >= 15 is 0 Å². The molecule has 0 saturated carbocycles. The van der Waals surface area contributed by atoms with Crippen molar-refractivity contribution in [1.82, 2.24) is 20.4 Å². The number of nitrogens with one attached hydrogen (secondary N) is 2. The highest BCUT2D eigenvalue weighted by Crippen LogP contribution is 2.39. The summed E-state index contributed by atoms with van der Waals surface area (Å²) in [6, 6.07) is 5.91. The van der Waals surface area contributed by atoms with Crippen molar-refractivity contribution in [1.29, 1.82) is 0 Å². The predicted octanol–water partition coefficient (Wildman–Crippen LogP) is 7.86. The van der Waals surface area contributed by atoms with Gasteiger partial charge in [-0.2, -0.15) is 10.2 Å². The Kier molecular flexibility index (Phi) is 15.9. The highest BCUT2D eigenvalue weighted by molar-refractivity contribution is 6.74. The molecule has 0 aliphatic carbocycles. The number of alkyl carbamates (subject to hydrolysis) is 1. The van der Waals surface area contributed by atoms with Gasteiger partial charge in [0.05, 0.1) is 23.8 Å². The van der Waals surface area contributed by atoms with Crippen molar-refractivity contribution in [2.45, 2.75) is 169 Å². The van der Waals surface area contributed by atoms with Crippen LogP contribution in [0.25, 0.3) is 11.1 Å². The molecule has 2 N–H and O–H groups in total. The number of nitrogens with zero attached hydrogens (tertiary/aromatic N) is 3. The zero-order valence-corrected chi connectivity index (χ0v) is 41.4. The first kappa shape index (κ1) is 51.0. The highest BCUT2D eigenvalue weighted by Gasteiger charge is 2.50. The maximum absolute atomic E-state index is 13.6. The standard InChI is InChI=1S/C46H73N5O11Si/c1-17-22-56-40(54)48-62-46(14,38(52)58-42(2,3)4)37-21-19-33-23-32(18-20-36(33)57-37)34-28-50(27-31-25-49(26-31)41(55)60-44(8,9)10)51(29-34)30-35(61-63(15,16)45(11,12)13)24-47-39(53)59-43(5,6)7/h17-18,20,23,28-29,31,35,37H,1,19,21-22,24-27,30H2,2-16H3,(H-,47,48,53,54)/p+1/t35-,37+,46-/m0/s1. The molecule has 2 aliphatic rings. The maximum Gasteiger partial charge on any atom is 0.431 e. The van der Waals surface area contributed by atoms with E-state index in [1.165, 1.54) is 13.0 Å². The summed E-state index contributed by atoms with van der Waals surface area (Å²) >= 11 is 0. The largest absolute Gasteiger partial charge is 0.486 e. The van der Waals surface area contributed by atoms with Gasteiger partial charge >= 0.3 is 24.2 Å². The van der Waals surface area contributed by atoms with Gasteiger partial charge in [0.15, 0.2) is 14.9 Å². The fraction of sp³-hybridized carbons (Fsp3) is 0.674. The van der Waals surface area contributed by atoms with Crippen LogP contribution in [0.4, 0.5) is 14.4 Å². The van der Waals surface area contributed by atoms with E-state index in [-0.39, 0.29) is 30.2 Å². The smallest absolute Gasteiger partial charge is 0.431 e. The van der Waals surface area contributed by atoms with Crippen molar-refractivity contribution in [3.63, 3.8) is 0 Å². The Balaban J connectivity index is 1.65. The van der Waals surface area contributed by atoms with Gasteiger partial charge in [-0.25, -0.2) is 24.0 Å². The molecule has 0 radical (unpaired) electrons. The summed E-state index contributed by atoms with van der Waals surface area (Å²) in [6.07, 6.45) is 3.59. The van der Waals surface area contributed by atoms with Crippen molar-refractivity contribution < 1.29 is 56.8 Å². The molecule has 3 heterocycles. The van der Waals surface area contributed by atoms with Crippen molar-refractivity contribution in [3.05, 3.63) is 48.8 Å². The van der Waals surface area contributed by atoms with Crippen LogP contribution in [0.1, 0.15) is 102 Å². The number of fused-ring (bicyclic) bond motifs is 1. The van der Waals surface area contributed by atoms with Crippen LogP contribution in [0, 0.1) is 5.92 Å². The van der Waals surface area contributed by atoms with Crippen LogP contribution in [0.3, 0.4) is 0 Å². The molecule has 2 aromatic rings. The Morgan fingerprint density at radius 2 is 1.54 bits per heavy atom. The Bertz CT molecular complexity index is 1950. The topological polar surface area (TPSA) is 169 Å². The van der Waals surface area contributed by atoms with Crippen molar-refractivity contribution in [2.75, 3.05) is 26.2 Å². The molecule has 1 saturated heterocycles. The number of aromatic nitrogens is 2. The number of carbonyl (C=O) groups excluding carboxylic acids is 4. The highest BCUT2D eigenvalue weighted by atomic mass is 28.4. The van der Waals surface area contributed by atoms with Gasteiger partial charge in [-0.3, -0.25) is 0 Å². The van der Waals surface area contributed by atoms with Crippen molar-refractivity contribution in [2.24, 2.45) is 5.92 Å². The number of carbonyl (C=O) groups is 4. The minimum atomic E-state index is -2.31. The molecule has 352 valence electrons. The average Bonchev–Trinajstić information content (AvgIpc) is 3.51. The van der Waals surface area contributed by atoms with Gasteiger partial charge < -0.3 is 38.3 Å². The number of hydrogen-bond donors (Lipinski definition) is 2. The SMILES string of the molecule is C=CCOC(=O)NO[C@](C)(C(=O)OC(C)(C)C)[C@H]1CCc2cc(-c3cn(C[C@H](CNC(=O)OC(C)(C)C)O[Si](C)(C)C(C)(C)C)[n+](CC4CN(C(=O)OC(C)(C)C)C4)c3)ccc2O1. The van der Waals surface area contributed by atoms with E-state index in [4.69, 9.17) is 32.9 Å². The zero-order chi connectivity index (χ0) is 47.3. The van der Waals surface area contributed by atoms with Gasteiger partial charge in [0.2, 0.25) is 11.8 Å². The number of amides is 3. The number of hydrogen-bond acceptors (Lipinski definition) is 11. The molecular formula is C46H74N5O11Si+. The first-order valence-corrected chi connectivity index (χ1v) is 24.8. The summed E-state index contributed by atoms with van der Waals surface area (Å²) in [6.45, 7) is 34.7. The number of benzene rings is 1. The lowest BCUT2D eigenvalue weighted by Crippen LogP contribution is -2.58. The van der Waals surface area contributed by atoms with E-state index in [0.717, 1.165) is 16.7 Å². The van der Waals surface area contributed by atoms with Crippen LogP contribution in [0.15, 0.2) is 43.2 Å². The van der Waals surface area contributed by atoms with Crippen LogP contribution >= 0.6 is 0 Å². The van der Waals surface area contributed by atoms with E-state index in [1.54, 1.807) is 25.7 Å². The average molecular weight is 901 g/mol. The Morgan fingerprint density at radius 3 is 2.13 bits per heavy atom. The van der Waals surface area contributed by atoms with Gasteiger partial charge in [-0.1, -0.05) is 39.5 Å². The van der Waals surface area contributed by atoms with E-state index in [0.29, 0.717) is 44.8 Å². The lowest BCUT2D eigenvalue weighted by atomic mass is 9.89. The summed E-state index contributed by atoms with van der Waals surface area (Å²) in [7, 11) is -2.31. The minimum Gasteiger partial charge on any atom is -0.486 e. The van der Waals surface area contributed by atoms with Crippen molar-refractivity contribution in [3.8, 4) is 16.9 Å². The quantitative estimate of drug-likeness (QED) is 0.0446. The molecule has 4 rings (SSSR count). The maximum atomic E-state index is 13.6. The third-order valence-electron chi connectivity index (χ3n) is 10.9. The summed E-state index contributed by atoms with van der Waals surface area (Å²) in [5.41, 5.74) is 1.25. The first-order valence-electron chi connectivity index (χ1n) is 21.9. The summed E-state index contributed by atoms with van der Waals surface area (Å²) in [5.74, 6) is 0.0489. The van der Waals surface area contributed by atoms with Crippen LogP contribution in [-0.4, -0.2) is 103 Å². The van der Waals surface area contributed by atoms with E-state index < -0.39 is 61.1 Å². The number of rotatable bonds is 15. The lowest BCUT2D eigenvalue weighted by molar-refractivity contribution is -0.782. The van der Waals surface area contributed by atoms with E-state index in [9.17, 15) is 19.2 Å². The molecule has 3 amide bonds. The normalized spacial score (nSPS) is 17.5. The van der Waals surface area contributed by atoms with Gasteiger partial charge in [0.25, 0.3) is 0 Å². The second kappa shape index (κ2) is 19.6. The predicted molar refractivity (Wildman–Crippen MR) is 240 cm³/mol. The lowest BCUT2D eigenvalue weighted by Gasteiger charge is -2.39. The van der Waals surface area contributed by atoms with Gasteiger partial charge in [0.1, 0.15) is 41.8 Å². The van der Waals surface area contributed by atoms with Crippen molar-refractivity contribution >= 4 is 32.6 Å². The number of hydroxylamine groups is 1. The second-order valence-electron chi connectivity index (χ2n) is 21.3. The number of aryl methyl sites for hydroxylation is 1. The summed E-state index contributed by atoms with van der Waals surface area (Å²) in [4.78, 5) is 59.1. The molecule has 3 atom stereocenters. The van der Waals surface area contributed by atoms with Crippen LogP contribution in [0.5, 0.6) is 5.75 Å². The summed E-state index contributed by atoms with van der Waals surface area (Å²) in [5, 5.41) is 2.87. The second-order valence-corrected chi connectivity index (χ2v) is 26.0. The summed E-state index contributed by atoms with van der Waals surface area (Å²) < 4.78 is 39.6. The third kappa shape index (κ3) is 14.7.